The monoisotopic (exact) mass is 343 g/mol. The summed E-state index contributed by atoms with van der Waals surface area (Å²) in [6.45, 7) is 1.71. The van der Waals surface area contributed by atoms with Gasteiger partial charge >= 0.3 is 0 Å². The molecule has 0 bridgehead atoms. The first-order valence-corrected chi connectivity index (χ1v) is 8.65. The summed E-state index contributed by atoms with van der Waals surface area (Å²) in [6.07, 6.45) is 1.62. The van der Waals surface area contributed by atoms with Gasteiger partial charge in [-0.1, -0.05) is 12.1 Å². The van der Waals surface area contributed by atoms with Gasteiger partial charge in [0.2, 0.25) is 11.8 Å². The third-order valence-electron chi connectivity index (χ3n) is 5.39. The van der Waals surface area contributed by atoms with Crippen LogP contribution in [0, 0.1) is 0 Å². The van der Waals surface area contributed by atoms with Crippen molar-refractivity contribution in [1.29, 1.82) is 0 Å². The number of carbonyl (C=O) groups is 3. The third kappa shape index (κ3) is 2.45. The summed E-state index contributed by atoms with van der Waals surface area (Å²) in [5.41, 5.74) is 0.479. The molecule has 4 rings (SSSR count). The molecule has 7 heteroatoms. The van der Waals surface area contributed by atoms with Gasteiger partial charge in [0.25, 0.3) is 5.91 Å². The molecule has 3 amide bonds. The molecule has 132 valence electrons. The number of amides is 3. The van der Waals surface area contributed by atoms with Crippen LogP contribution in [0.5, 0.6) is 5.75 Å². The molecule has 0 aromatic heterocycles. The van der Waals surface area contributed by atoms with E-state index >= 15 is 0 Å². The standard InChI is InChI=1S/C18H21N3O4/c1-25-15-7-3-2-5-12(15)16(22)19-9-10-21-14(11-19)18(24)20-8-4-6-13(20)17(21)23/h2-3,5,7,13-14H,4,6,8-11H2,1H3/t13-,14-/m1/s1. The topological polar surface area (TPSA) is 70.2 Å². The molecule has 0 radical (unpaired) electrons. The molecule has 1 aromatic carbocycles. The average Bonchev–Trinajstić information content (AvgIpc) is 3.15. The van der Waals surface area contributed by atoms with Crippen LogP contribution in [0.1, 0.15) is 23.2 Å². The van der Waals surface area contributed by atoms with Crippen molar-refractivity contribution in [2.45, 2.75) is 24.9 Å². The van der Waals surface area contributed by atoms with Crippen molar-refractivity contribution in [3.63, 3.8) is 0 Å². The predicted octanol–water partition coefficient (Wildman–Crippen LogP) is 0.353. The van der Waals surface area contributed by atoms with Crippen molar-refractivity contribution < 1.29 is 19.1 Å². The Labute approximate surface area is 146 Å². The van der Waals surface area contributed by atoms with Gasteiger partial charge in [0.1, 0.15) is 17.8 Å². The normalized spacial score (nSPS) is 25.7. The number of methoxy groups -OCH3 is 1. The summed E-state index contributed by atoms with van der Waals surface area (Å²) in [5, 5.41) is 0. The van der Waals surface area contributed by atoms with Gasteiger partial charge in [-0.25, -0.2) is 0 Å². The first-order valence-electron chi connectivity index (χ1n) is 8.65. The Bertz CT molecular complexity index is 735. The molecule has 0 aliphatic carbocycles. The van der Waals surface area contributed by atoms with E-state index in [9.17, 15) is 14.4 Å². The van der Waals surface area contributed by atoms with Gasteiger partial charge in [-0.05, 0) is 25.0 Å². The first-order chi connectivity index (χ1) is 12.1. The summed E-state index contributed by atoms with van der Waals surface area (Å²) < 4.78 is 5.27. The summed E-state index contributed by atoms with van der Waals surface area (Å²) >= 11 is 0. The van der Waals surface area contributed by atoms with E-state index in [-0.39, 0.29) is 30.3 Å². The zero-order chi connectivity index (χ0) is 17.6. The molecule has 0 N–H and O–H groups in total. The fourth-order valence-corrected chi connectivity index (χ4v) is 4.10. The SMILES string of the molecule is COc1ccccc1C(=O)N1CCN2C(=O)[C@H]3CCCN3C(=O)[C@H]2C1. The molecule has 3 heterocycles. The smallest absolute Gasteiger partial charge is 0.257 e. The van der Waals surface area contributed by atoms with Crippen LogP contribution in [0.25, 0.3) is 0 Å². The van der Waals surface area contributed by atoms with Crippen molar-refractivity contribution in [2.75, 3.05) is 33.3 Å². The van der Waals surface area contributed by atoms with E-state index in [2.05, 4.69) is 0 Å². The number of piperazine rings is 2. The molecule has 3 fully saturated rings. The summed E-state index contributed by atoms with van der Waals surface area (Å²) in [4.78, 5) is 43.3. The van der Waals surface area contributed by atoms with Crippen LogP contribution in [0.2, 0.25) is 0 Å². The van der Waals surface area contributed by atoms with E-state index in [0.717, 1.165) is 12.8 Å². The molecule has 1 aromatic rings. The molecule has 3 aliphatic rings. The lowest BCUT2D eigenvalue weighted by molar-refractivity contribution is -0.162. The number of benzene rings is 1. The van der Waals surface area contributed by atoms with Crippen molar-refractivity contribution in [2.24, 2.45) is 0 Å². The van der Waals surface area contributed by atoms with Crippen LogP contribution in [-0.4, -0.2) is 77.8 Å². The van der Waals surface area contributed by atoms with Gasteiger partial charge in [0, 0.05) is 19.6 Å². The van der Waals surface area contributed by atoms with Crippen LogP contribution >= 0.6 is 0 Å². The van der Waals surface area contributed by atoms with Gasteiger partial charge in [-0.3, -0.25) is 14.4 Å². The van der Waals surface area contributed by atoms with Gasteiger partial charge < -0.3 is 19.4 Å². The molecule has 0 spiro atoms. The number of carbonyl (C=O) groups excluding carboxylic acids is 3. The van der Waals surface area contributed by atoms with E-state index in [1.165, 1.54) is 7.11 Å². The van der Waals surface area contributed by atoms with Crippen LogP contribution in [0.15, 0.2) is 24.3 Å². The van der Waals surface area contributed by atoms with E-state index in [0.29, 0.717) is 30.9 Å². The Morgan fingerprint density at radius 3 is 2.56 bits per heavy atom. The third-order valence-corrected chi connectivity index (χ3v) is 5.39. The molecule has 0 saturated carbocycles. The second kappa shape index (κ2) is 6.06. The van der Waals surface area contributed by atoms with Crippen LogP contribution in [0.4, 0.5) is 0 Å². The van der Waals surface area contributed by atoms with Crippen molar-refractivity contribution in [3.8, 4) is 5.75 Å². The van der Waals surface area contributed by atoms with Crippen molar-refractivity contribution in [1.82, 2.24) is 14.7 Å². The molecule has 25 heavy (non-hydrogen) atoms. The maximum atomic E-state index is 12.9. The Morgan fingerprint density at radius 2 is 1.76 bits per heavy atom. The number of hydrogen-bond donors (Lipinski definition) is 0. The highest BCUT2D eigenvalue weighted by atomic mass is 16.5. The maximum Gasteiger partial charge on any atom is 0.257 e. The predicted molar refractivity (Wildman–Crippen MR) is 89.1 cm³/mol. The van der Waals surface area contributed by atoms with E-state index in [4.69, 9.17) is 4.74 Å². The number of hydrogen-bond acceptors (Lipinski definition) is 4. The minimum atomic E-state index is -0.561. The molecular formula is C18H21N3O4. The second-order valence-electron chi connectivity index (χ2n) is 6.69. The molecule has 3 saturated heterocycles. The van der Waals surface area contributed by atoms with Gasteiger partial charge in [0.05, 0.1) is 19.2 Å². The van der Waals surface area contributed by atoms with E-state index in [1.807, 2.05) is 6.07 Å². The van der Waals surface area contributed by atoms with E-state index in [1.54, 1.807) is 32.9 Å². The highest BCUT2D eigenvalue weighted by molar-refractivity contribution is 6.00. The summed E-state index contributed by atoms with van der Waals surface area (Å²) in [7, 11) is 1.53. The molecular weight excluding hydrogens is 322 g/mol. The van der Waals surface area contributed by atoms with Crippen molar-refractivity contribution >= 4 is 17.7 Å². The van der Waals surface area contributed by atoms with Crippen molar-refractivity contribution in [3.05, 3.63) is 29.8 Å². The highest BCUT2D eigenvalue weighted by Gasteiger charge is 2.50. The summed E-state index contributed by atoms with van der Waals surface area (Å²) in [5.74, 6) is 0.354. The summed E-state index contributed by atoms with van der Waals surface area (Å²) in [6, 6.07) is 6.21. The van der Waals surface area contributed by atoms with Crippen LogP contribution < -0.4 is 4.74 Å². The van der Waals surface area contributed by atoms with Gasteiger partial charge in [-0.2, -0.15) is 0 Å². The van der Waals surface area contributed by atoms with Gasteiger partial charge in [0.15, 0.2) is 0 Å². The highest BCUT2D eigenvalue weighted by Crippen LogP contribution is 2.29. The Balaban J connectivity index is 1.57. The molecule has 0 unspecified atom stereocenters. The average molecular weight is 343 g/mol. The number of para-hydroxylation sites is 1. The number of fused-ring (bicyclic) bond motifs is 2. The zero-order valence-corrected chi connectivity index (χ0v) is 14.2. The second-order valence-corrected chi connectivity index (χ2v) is 6.69. The van der Waals surface area contributed by atoms with Crippen LogP contribution in [-0.2, 0) is 9.59 Å². The lowest BCUT2D eigenvalue weighted by Crippen LogP contribution is -2.69. The fourth-order valence-electron chi connectivity index (χ4n) is 4.10. The molecule has 3 aliphatic heterocycles. The van der Waals surface area contributed by atoms with Crippen LogP contribution in [0.3, 0.4) is 0 Å². The number of ether oxygens (including phenoxy) is 1. The number of nitrogens with zero attached hydrogens (tertiary/aromatic N) is 3. The van der Waals surface area contributed by atoms with Gasteiger partial charge in [-0.15, -0.1) is 0 Å². The largest absolute Gasteiger partial charge is 0.496 e. The zero-order valence-electron chi connectivity index (χ0n) is 14.2. The Hall–Kier alpha value is -2.57. The Morgan fingerprint density at radius 1 is 1.04 bits per heavy atom. The first kappa shape index (κ1) is 15.9. The fraction of sp³-hybridized carbons (Fsp3) is 0.500. The minimum Gasteiger partial charge on any atom is -0.496 e. The lowest BCUT2D eigenvalue weighted by atomic mass is 10.0. The molecule has 2 atom stereocenters. The molecule has 7 nitrogen and oxygen atoms in total. The Kier molecular flexibility index (Phi) is 3.86. The maximum absolute atomic E-state index is 12.9. The lowest BCUT2D eigenvalue weighted by Gasteiger charge is -2.47. The minimum absolute atomic E-state index is 0.0281. The quantitative estimate of drug-likeness (QED) is 0.777. The number of rotatable bonds is 2. The van der Waals surface area contributed by atoms with E-state index < -0.39 is 6.04 Å².